The summed E-state index contributed by atoms with van der Waals surface area (Å²) in [7, 11) is 1.50. The van der Waals surface area contributed by atoms with Crippen LogP contribution in [0.2, 0.25) is 0 Å². The summed E-state index contributed by atoms with van der Waals surface area (Å²) in [6.45, 7) is 3.37. The summed E-state index contributed by atoms with van der Waals surface area (Å²) in [6.07, 6.45) is 1.14. The third kappa shape index (κ3) is 4.93. The van der Waals surface area contributed by atoms with Crippen LogP contribution in [0.3, 0.4) is 0 Å². The minimum atomic E-state index is -1.32. The molecule has 1 heterocycles. The molecule has 1 aromatic carbocycles. The van der Waals surface area contributed by atoms with Crippen LogP contribution in [-0.4, -0.2) is 38.0 Å². The predicted octanol–water partition coefficient (Wildman–Crippen LogP) is 2.75. The maximum Gasteiger partial charge on any atom is 0.350 e. The van der Waals surface area contributed by atoms with Crippen molar-refractivity contribution in [3.8, 4) is 5.75 Å². The number of cyclic esters (lactones) is 2. The zero-order valence-electron chi connectivity index (χ0n) is 13.9. The van der Waals surface area contributed by atoms with Gasteiger partial charge in [-0.25, -0.2) is 14.0 Å². The summed E-state index contributed by atoms with van der Waals surface area (Å²) in [5, 5.41) is 2.74. The number of rotatable bonds is 6. The van der Waals surface area contributed by atoms with Crippen LogP contribution in [0.1, 0.15) is 13.8 Å². The van der Waals surface area contributed by atoms with Gasteiger partial charge in [0.05, 0.1) is 12.3 Å². The Morgan fingerprint density at radius 2 is 1.88 bits per heavy atom. The molecule has 0 bridgehead atoms. The highest BCUT2D eigenvalue weighted by Crippen LogP contribution is 2.31. The number of benzene rings is 1. The molecule has 7 nitrogen and oxygen atoms in total. The van der Waals surface area contributed by atoms with Crippen molar-refractivity contribution in [2.24, 2.45) is 0 Å². The van der Waals surface area contributed by atoms with Crippen molar-refractivity contribution in [3.63, 3.8) is 0 Å². The van der Waals surface area contributed by atoms with Gasteiger partial charge in [-0.2, -0.15) is 0 Å². The van der Waals surface area contributed by atoms with Crippen molar-refractivity contribution >= 4 is 33.6 Å². The summed E-state index contributed by atoms with van der Waals surface area (Å²) < 4.78 is 34.3. The van der Waals surface area contributed by atoms with E-state index in [0.717, 1.165) is 6.20 Å². The number of nitrogens with one attached hydrogen (secondary N) is 1. The van der Waals surface area contributed by atoms with E-state index in [-0.39, 0.29) is 17.9 Å². The fourth-order valence-corrected chi connectivity index (χ4v) is 2.34. The molecule has 0 spiro atoms. The minimum absolute atomic E-state index is 0.00363. The first-order chi connectivity index (χ1) is 11.7. The quantitative estimate of drug-likeness (QED) is 0.329. The molecule has 0 unspecified atom stereocenters. The van der Waals surface area contributed by atoms with Gasteiger partial charge in [0.1, 0.15) is 6.61 Å². The number of hydrogen-bond donors (Lipinski definition) is 1. The first kappa shape index (κ1) is 19.2. The van der Waals surface area contributed by atoms with Gasteiger partial charge in [0.2, 0.25) is 0 Å². The maximum atomic E-state index is 13.9. The molecule has 2 rings (SSSR count). The Balaban J connectivity index is 2.18. The van der Waals surface area contributed by atoms with Crippen LogP contribution in [0.5, 0.6) is 5.75 Å². The smallest absolute Gasteiger partial charge is 0.350 e. The molecule has 0 radical (unpaired) electrons. The van der Waals surface area contributed by atoms with E-state index in [4.69, 9.17) is 18.9 Å². The van der Waals surface area contributed by atoms with Crippen LogP contribution < -0.4 is 10.1 Å². The summed E-state index contributed by atoms with van der Waals surface area (Å²) in [6, 6.07) is 2.58. The zero-order valence-corrected chi connectivity index (χ0v) is 15.4. The largest absolute Gasteiger partial charge is 0.488 e. The van der Waals surface area contributed by atoms with Gasteiger partial charge in [-0.1, -0.05) is 0 Å². The van der Waals surface area contributed by atoms with E-state index in [0.29, 0.717) is 16.8 Å². The molecule has 0 amide bonds. The molecular formula is C16H17BrFNO6. The number of hydrogen-bond acceptors (Lipinski definition) is 7. The van der Waals surface area contributed by atoms with Gasteiger partial charge < -0.3 is 24.3 Å². The predicted molar refractivity (Wildman–Crippen MR) is 89.4 cm³/mol. The maximum absolute atomic E-state index is 13.9. The Hall–Kier alpha value is -2.13. The standard InChI is InChI=1S/C16H17BrFNO6/c1-16(2)24-14(20)9(15(21)25-16)8-19-12-7-13(23-5-4-22-3)11(18)6-10(12)17/h6-8,19H,4-5H2,1-3H3. The van der Waals surface area contributed by atoms with Crippen LogP contribution in [0.25, 0.3) is 0 Å². The van der Waals surface area contributed by atoms with E-state index >= 15 is 0 Å². The fraction of sp³-hybridized carbons (Fsp3) is 0.375. The molecule has 1 fully saturated rings. The Bertz CT molecular complexity index is 697. The average molecular weight is 418 g/mol. The van der Waals surface area contributed by atoms with Crippen molar-refractivity contribution in [1.29, 1.82) is 0 Å². The first-order valence-electron chi connectivity index (χ1n) is 7.27. The van der Waals surface area contributed by atoms with Crippen LogP contribution in [0.4, 0.5) is 10.1 Å². The molecule has 9 heteroatoms. The lowest BCUT2D eigenvalue weighted by molar-refractivity contribution is -0.222. The Kier molecular flexibility index (Phi) is 6.02. The SMILES string of the molecule is COCCOc1cc(NC=C2C(=O)OC(C)(C)OC2=O)c(Br)cc1F. The van der Waals surface area contributed by atoms with Gasteiger partial charge >= 0.3 is 11.9 Å². The molecule has 136 valence electrons. The zero-order chi connectivity index (χ0) is 18.6. The van der Waals surface area contributed by atoms with Gasteiger partial charge in [-0.3, -0.25) is 0 Å². The topological polar surface area (TPSA) is 83.1 Å². The Labute approximate surface area is 152 Å². The highest BCUT2D eigenvalue weighted by molar-refractivity contribution is 9.10. The highest BCUT2D eigenvalue weighted by Gasteiger charge is 2.38. The summed E-state index contributed by atoms with van der Waals surface area (Å²) in [4.78, 5) is 23.8. The number of anilines is 1. The number of esters is 2. The van der Waals surface area contributed by atoms with Gasteiger partial charge in [-0.15, -0.1) is 0 Å². The average Bonchev–Trinajstić information content (AvgIpc) is 2.49. The molecule has 0 aromatic heterocycles. The van der Waals surface area contributed by atoms with Crippen LogP contribution in [-0.2, 0) is 23.8 Å². The van der Waals surface area contributed by atoms with E-state index in [1.807, 2.05) is 0 Å². The van der Waals surface area contributed by atoms with Gasteiger partial charge in [0.25, 0.3) is 5.79 Å². The van der Waals surface area contributed by atoms with Gasteiger partial charge in [0, 0.05) is 37.7 Å². The lowest BCUT2D eigenvalue weighted by Crippen LogP contribution is -2.42. The molecule has 0 aliphatic carbocycles. The lowest BCUT2D eigenvalue weighted by Gasteiger charge is -2.29. The van der Waals surface area contributed by atoms with Crippen molar-refractivity contribution in [1.82, 2.24) is 0 Å². The number of ether oxygens (including phenoxy) is 4. The molecule has 1 aliphatic rings. The Morgan fingerprint density at radius 1 is 1.24 bits per heavy atom. The van der Waals surface area contributed by atoms with Crippen molar-refractivity contribution < 1.29 is 32.9 Å². The second-order valence-corrected chi connectivity index (χ2v) is 6.34. The number of methoxy groups -OCH3 is 1. The number of carbonyl (C=O) groups excluding carboxylic acids is 2. The van der Waals surface area contributed by atoms with Gasteiger partial charge in [0.15, 0.2) is 17.1 Å². The minimum Gasteiger partial charge on any atom is -0.488 e. The van der Waals surface area contributed by atoms with E-state index in [1.54, 1.807) is 0 Å². The summed E-state index contributed by atoms with van der Waals surface area (Å²) in [5.41, 5.74) is 0.0733. The van der Waals surface area contributed by atoms with Crippen LogP contribution in [0, 0.1) is 5.82 Å². The Morgan fingerprint density at radius 3 is 2.48 bits per heavy atom. The van der Waals surface area contributed by atoms with E-state index in [2.05, 4.69) is 21.2 Å². The van der Waals surface area contributed by atoms with Gasteiger partial charge in [-0.05, 0) is 22.0 Å². The summed E-state index contributed by atoms with van der Waals surface area (Å²) >= 11 is 3.19. The van der Waals surface area contributed by atoms with E-state index in [1.165, 1.54) is 33.1 Å². The molecule has 1 saturated heterocycles. The first-order valence-corrected chi connectivity index (χ1v) is 8.07. The second-order valence-electron chi connectivity index (χ2n) is 5.48. The fourth-order valence-electron chi connectivity index (χ4n) is 1.91. The third-order valence-corrected chi connectivity index (χ3v) is 3.71. The van der Waals surface area contributed by atoms with Crippen molar-refractivity contribution in [3.05, 3.63) is 34.2 Å². The van der Waals surface area contributed by atoms with Crippen LogP contribution in [0.15, 0.2) is 28.4 Å². The van der Waals surface area contributed by atoms with E-state index in [9.17, 15) is 14.0 Å². The van der Waals surface area contributed by atoms with Crippen LogP contribution >= 0.6 is 15.9 Å². The van der Waals surface area contributed by atoms with Crippen molar-refractivity contribution in [2.45, 2.75) is 19.6 Å². The molecule has 1 aliphatic heterocycles. The molecule has 0 saturated carbocycles. The summed E-state index contributed by atoms with van der Waals surface area (Å²) in [5.74, 6) is -3.52. The molecule has 0 atom stereocenters. The molecule has 1 N–H and O–H groups in total. The number of carbonyl (C=O) groups is 2. The second kappa shape index (κ2) is 7.83. The molecular weight excluding hydrogens is 401 g/mol. The highest BCUT2D eigenvalue weighted by atomic mass is 79.9. The molecule has 1 aromatic rings. The monoisotopic (exact) mass is 417 g/mol. The number of halogens is 2. The van der Waals surface area contributed by atoms with E-state index < -0.39 is 23.5 Å². The molecule has 25 heavy (non-hydrogen) atoms. The lowest BCUT2D eigenvalue weighted by atomic mass is 10.2. The van der Waals surface area contributed by atoms with Crippen molar-refractivity contribution in [2.75, 3.05) is 25.6 Å². The normalized spacial score (nSPS) is 16.1. The third-order valence-electron chi connectivity index (χ3n) is 3.06.